The van der Waals surface area contributed by atoms with E-state index in [0.29, 0.717) is 12.3 Å². The summed E-state index contributed by atoms with van der Waals surface area (Å²) >= 11 is 1.59. The van der Waals surface area contributed by atoms with E-state index >= 15 is 0 Å². The van der Waals surface area contributed by atoms with Crippen molar-refractivity contribution < 1.29 is 9.53 Å². The highest BCUT2D eigenvalue weighted by molar-refractivity contribution is 7.13. The van der Waals surface area contributed by atoms with Crippen molar-refractivity contribution in [3.8, 4) is 16.3 Å². The number of carbonyl (C=O) groups excluding carboxylic acids is 1. The molecule has 4 nitrogen and oxygen atoms in total. The summed E-state index contributed by atoms with van der Waals surface area (Å²) in [7, 11) is 0. The van der Waals surface area contributed by atoms with Crippen LogP contribution in [0.3, 0.4) is 0 Å². The van der Waals surface area contributed by atoms with Crippen LogP contribution in [0.15, 0.2) is 53.9 Å². The lowest BCUT2D eigenvalue weighted by Crippen LogP contribution is -2.28. The van der Waals surface area contributed by atoms with Crippen LogP contribution in [0.1, 0.15) is 30.2 Å². The summed E-state index contributed by atoms with van der Waals surface area (Å²) in [6.07, 6.45) is 2.17. The minimum Gasteiger partial charge on any atom is -0.484 e. The van der Waals surface area contributed by atoms with Gasteiger partial charge in [-0.15, -0.1) is 11.3 Å². The van der Waals surface area contributed by atoms with Crippen LogP contribution in [0.25, 0.3) is 10.6 Å². The predicted octanol–water partition coefficient (Wildman–Crippen LogP) is 4.77. The number of benzene rings is 2. The number of carbonyl (C=O) groups is 1. The molecule has 1 aromatic heterocycles. The van der Waals surface area contributed by atoms with Gasteiger partial charge in [0, 0.05) is 10.9 Å². The van der Waals surface area contributed by atoms with Gasteiger partial charge >= 0.3 is 0 Å². The van der Waals surface area contributed by atoms with Crippen LogP contribution in [0.2, 0.25) is 0 Å². The summed E-state index contributed by atoms with van der Waals surface area (Å²) in [5.74, 6) is 0.554. The highest BCUT2D eigenvalue weighted by Gasteiger charge is 2.08. The molecule has 0 atom stereocenters. The maximum absolute atomic E-state index is 12.0. The van der Waals surface area contributed by atoms with Crippen LogP contribution in [0.4, 0.5) is 0 Å². The smallest absolute Gasteiger partial charge is 0.258 e. The number of ether oxygens (including phenoxy) is 1. The first-order valence-electron chi connectivity index (χ1n) is 9.14. The molecule has 1 heterocycles. The number of hydrogen-bond donors (Lipinski definition) is 1. The third-order valence-corrected chi connectivity index (χ3v) is 5.15. The molecule has 27 heavy (non-hydrogen) atoms. The highest BCUT2D eigenvalue weighted by Crippen LogP contribution is 2.26. The second-order valence-corrected chi connectivity index (χ2v) is 7.28. The molecular formula is C22H24N2O2S. The van der Waals surface area contributed by atoms with Crippen molar-refractivity contribution in [2.75, 3.05) is 6.61 Å². The number of amides is 1. The monoisotopic (exact) mass is 380 g/mol. The van der Waals surface area contributed by atoms with Crippen LogP contribution >= 0.6 is 11.3 Å². The molecule has 5 heteroatoms. The van der Waals surface area contributed by atoms with E-state index in [9.17, 15) is 4.79 Å². The zero-order valence-corrected chi connectivity index (χ0v) is 16.5. The van der Waals surface area contributed by atoms with Gasteiger partial charge in [-0.3, -0.25) is 4.79 Å². The number of aryl methyl sites for hydroxylation is 2. The zero-order valence-electron chi connectivity index (χ0n) is 15.7. The van der Waals surface area contributed by atoms with E-state index in [2.05, 4.69) is 36.3 Å². The van der Waals surface area contributed by atoms with Crippen molar-refractivity contribution >= 4 is 17.2 Å². The summed E-state index contributed by atoms with van der Waals surface area (Å²) in [5.41, 5.74) is 4.47. The number of thiazole rings is 1. The summed E-state index contributed by atoms with van der Waals surface area (Å²) in [6.45, 7) is 4.63. The largest absolute Gasteiger partial charge is 0.484 e. The van der Waals surface area contributed by atoms with Gasteiger partial charge in [-0.1, -0.05) is 49.7 Å². The number of hydrogen-bond acceptors (Lipinski definition) is 4. The summed E-state index contributed by atoms with van der Waals surface area (Å²) < 4.78 is 5.55. The topological polar surface area (TPSA) is 51.2 Å². The maximum Gasteiger partial charge on any atom is 0.258 e. The standard InChI is InChI=1S/C22H24N2O2S/c1-3-6-17-9-11-19(12-10-17)26-14-21(25)23-13-18-15-27-22(24-18)20-8-5-4-7-16(20)2/h4-5,7-12,15H,3,6,13-14H2,1-2H3,(H,23,25). The SMILES string of the molecule is CCCc1ccc(OCC(=O)NCc2csc(-c3ccccc3C)n2)cc1. The number of rotatable bonds is 8. The second kappa shape index (κ2) is 9.33. The second-order valence-electron chi connectivity index (χ2n) is 6.42. The summed E-state index contributed by atoms with van der Waals surface area (Å²) in [6, 6.07) is 16.1. The van der Waals surface area contributed by atoms with Gasteiger partial charge in [-0.2, -0.15) is 0 Å². The Morgan fingerprint density at radius 2 is 1.93 bits per heavy atom. The molecule has 0 bridgehead atoms. The van der Waals surface area contributed by atoms with Gasteiger partial charge in [-0.25, -0.2) is 4.98 Å². The van der Waals surface area contributed by atoms with Crippen molar-refractivity contribution in [3.63, 3.8) is 0 Å². The lowest BCUT2D eigenvalue weighted by atomic mass is 10.1. The van der Waals surface area contributed by atoms with Crippen LogP contribution < -0.4 is 10.1 Å². The Morgan fingerprint density at radius 3 is 2.67 bits per heavy atom. The van der Waals surface area contributed by atoms with Crippen LogP contribution in [-0.2, 0) is 17.8 Å². The molecule has 0 unspecified atom stereocenters. The third kappa shape index (κ3) is 5.41. The molecule has 0 fully saturated rings. The zero-order chi connectivity index (χ0) is 19.1. The van der Waals surface area contributed by atoms with Crippen LogP contribution in [-0.4, -0.2) is 17.5 Å². The molecule has 0 aliphatic rings. The molecule has 1 N–H and O–H groups in total. The average Bonchev–Trinajstić information content (AvgIpc) is 3.15. The molecule has 0 spiro atoms. The first-order valence-corrected chi connectivity index (χ1v) is 10.0. The number of nitrogens with one attached hydrogen (secondary N) is 1. The van der Waals surface area contributed by atoms with Gasteiger partial charge in [0.05, 0.1) is 12.2 Å². The normalized spacial score (nSPS) is 10.6. The fourth-order valence-corrected chi connectivity index (χ4v) is 3.66. The minimum absolute atomic E-state index is 0.00190. The Morgan fingerprint density at radius 1 is 1.15 bits per heavy atom. The number of nitrogens with zero attached hydrogens (tertiary/aromatic N) is 1. The van der Waals surface area contributed by atoms with Crippen molar-refractivity contribution in [3.05, 3.63) is 70.7 Å². The summed E-state index contributed by atoms with van der Waals surface area (Å²) in [4.78, 5) is 16.7. The van der Waals surface area contributed by atoms with E-state index < -0.39 is 0 Å². The van der Waals surface area contributed by atoms with Gasteiger partial charge in [0.25, 0.3) is 5.91 Å². The molecule has 1 amide bonds. The van der Waals surface area contributed by atoms with Gasteiger partial charge in [0.1, 0.15) is 10.8 Å². The molecule has 0 aliphatic carbocycles. The van der Waals surface area contributed by atoms with E-state index in [1.165, 1.54) is 11.1 Å². The first-order chi connectivity index (χ1) is 13.2. The molecule has 0 radical (unpaired) electrons. The van der Waals surface area contributed by atoms with E-state index in [-0.39, 0.29) is 12.5 Å². The molecule has 140 valence electrons. The molecule has 0 saturated carbocycles. The highest BCUT2D eigenvalue weighted by atomic mass is 32.1. The van der Waals surface area contributed by atoms with Gasteiger partial charge < -0.3 is 10.1 Å². The van der Waals surface area contributed by atoms with Gasteiger partial charge in [0.2, 0.25) is 0 Å². The van der Waals surface area contributed by atoms with Crippen molar-refractivity contribution in [1.82, 2.24) is 10.3 Å². The maximum atomic E-state index is 12.0. The van der Waals surface area contributed by atoms with Gasteiger partial charge in [-0.05, 0) is 36.6 Å². The molecule has 2 aromatic carbocycles. The van der Waals surface area contributed by atoms with Crippen molar-refractivity contribution in [1.29, 1.82) is 0 Å². The fraction of sp³-hybridized carbons (Fsp3) is 0.273. The number of aromatic nitrogens is 1. The van der Waals surface area contributed by atoms with Crippen molar-refractivity contribution in [2.24, 2.45) is 0 Å². The first kappa shape index (κ1) is 19.1. The third-order valence-electron chi connectivity index (χ3n) is 4.23. The quantitative estimate of drug-likeness (QED) is 0.613. The Kier molecular flexibility index (Phi) is 6.60. The molecule has 0 saturated heterocycles. The van der Waals surface area contributed by atoms with Crippen LogP contribution in [0.5, 0.6) is 5.75 Å². The minimum atomic E-state index is -0.155. The van der Waals surface area contributed by atoms with Crippen LogP contribution in [0, 0.1) is 6.92 Å². The molecule has 3 aromatic rings. The Balaban J connectivity index is 1.47. The van der Waals surface area contributed by atoms with E-state index in [0.717, 1.165) is 29.1 Å². The molecule has 0 aliphatic heterocycles. The lowest BCUT2D eigenvalue weighted by molar-refractivity contribution is -0.123. The molecular weight excluding hydrogens is 356 g/mol. The Labute approximate surface area is 164 Å². The van der Waals surface area contributed by atoms with E-state index in [4.69, 9.17) is 4.74 Å². The van der Waals surface area contributed by atoms with Crippen molar-refractivity contribution in [2.45, 2.75) is 33.2 Å². The van der Waals surface area contributed by atoms with Gasteiger partial charge in [0.15, 0.2) is 6.61 Å². The Hall–Kier alpha value is -2.66. The average molecular weight is 381 g/mol. The Bertz CT molecular complexity index is 887. The van der Waals surface area contributed by atoms with E-state index in [1.54, 1.807) is 11.3 Å². The van der Waals surface area contributed by atoms with E-state index in [1.807, 2.05) is 41.8 Å². The molecule has 3 rings (SSSR count). The summed E-state index contributed by atoms with van der Waals surface area (Å²) in [5, 5.41) is 5.81. The fourth-order valence-electron chi connectivity index (χ4n) is 2.75. The predicted molar refractivity (Wildman–Crippen MR) is 110 cm³/mol. The lowest BCUT2D eigenvalue weighted by Gasteiger charge is -2.07.